The van der Waals surface area contributed by atoms with Crippen molar-refractivity contribution in [2.75, 3.05) is 47.5 Å². The van der Waals surface area contributed by atoms with Gasteiger partial charge in [-0.25, -0.2) is 69.0 Å². The molecule has 145 heavy (non-hydrogen) atoms. The van der Waals surface area contributed by atoms with E-state index in [2.05, 4.69) is 195 Å². The molecule has 2 aliphatic heterocycles. The molecule has 0 aliphatic carbocycles. The van der Waals surface area contributed by atoms with Gasteiger partial charge in [0, 0.05) is 143 Å². The van der Waals surface area contributed by atoms with Gasteiger partial charge in [-0.3, -0.25) is 24.7 Å². The number of aliphatic hydroxyl groups is 2. The van der Waals surface area contributed by atoms with Gasteiger partial charge in [0.05, 0.1) is 116 Å². The molecule has 0 bridgehead atoms. The van der Waals surface area contributed by atoms with Crippen molar-refractivity contribution in [2.24, 2.45) is 0 Å². The number of aliphatic hydroxyl groups excluding tert-OH is 2. The van der Waals surface area contributed by atoms with Crippen LogP contribution >= 0.6 is 106 Å². The Morgan fingerprint density at radius 1 is 0.345 bits per heavy atom. The van der Waals surface area contributed by atoms with E-state index in [-0.39, 0.29) is 61.4 Å². The van der Waals surface area contributed by atoms with Gasteiger partial charge in [0.2, 0.25) is 0 Å². The fourth-order valence-corrected chi connectivity index (χ4v) is 16.1. The summed E-state index contributed by atoms with van der Waals surface area (Å²) in [5.74, 6) is -2.47. The second-order valence-corrected chi connectivity index (χ2v) is 41.0. The third-order valence-electron chi connectivity index (χ3n) is 21.6. The average molecular weight is 2260 g/mol. The van der Waals surface area contributed by atoms with Gasteiger partial charge in [0.1, 0.15) is 45.4 Å². The molecule has 0 atom stereocenters. The van der Waals surface area contributed by atoms with Crippen LogP contribution in [0.5, 0.6) is 0 Å². The topological polar surface area (TPSA) is 450 Å². The third kappa shape index (κ3) is 35.5. The van der Waals surface area contributed by atoms with Crippen LogP contribution in [0.25, 0.3) is 78.8 Å². The summed E-state index contributed by atoms with van der Waals surface area (Å²) >= 11 is 40.7. The molecule has 14 aromatic rings. The summed E-state index contributed by atoms with van der Waals surface area (Å²) < 4.78 is 16.1. The Morgan fingerprint density at radius 2 is 0.641 bits per heavy atom. The minimum Gasteiger partial charge on any atom is -0.478 e. The molecule has 9 aromatic heterocycles. The van der Waals surface area contributed by atoms with Crippen LogP contribution in [0.4, 0.5) is 0 Å². The molecule has 11 heterocycles. The van der Waals surface area contributed by atoms with E-state index in [1.807, 2.05) is 81.4 Å². The normalized spacial score (nSPS) is 12.4. The molecule has 16 rings (SSSR count). The highest BCUT2D eigenvalue weighted by Gasteiger charge is 2.27. The van der Waals surface area contributed by atoms with Gasteiger partial charge in [-0.05, 0) is 225 Å². The summed E-state index contributed by atoms with van der Waals surface area (Å²) in [6.07, 6.45) is 17.1. The average Bonchev–Trinajstić information content (AvgIpc) is 0.808. The van der Waals surface area contributed by atoms with Crippen molar-refractivity contribution in [2.45, 2.75) is 143 Å². The largest absolute Gasteiger partial charge is 0.489 e. The Balaban J connectivity index is 0.000000192. The van der Waals surface area contributed by atoms with E-state index in [0.717, 1.165) is 108 Å². The van der Waals surface area contributed by atoms with Crippen LogP contribution in [-0.2, 0) is 35.9 Å². The molecule has 2 saturated heterocycles. The second kappa shape index (κ2) is 54.6. The van der Waals surface area contributed by atoms with E-state index in [0.29, 0.717) is 101 Å². The first kappa shape index (κ1) is 117. The number of nitrogens with zero attached hydrogens (tertiary/aromatic N) is 15. The minimum absolute atomic E-state index is 0.0266. The zero-order valence-corrected chi connectivity index (χ0v) is 90.5. The van der Waals surface area contributed by atoms with Crippen molar-refractivity contribution in [3.05, 3.63) is 316 Å². The number of aromatic nitrogens is 14. The zero-order chi connectivity index (χ0) is 106. The number of carboxylic acids is 1. The molecule has 2 aliphatic rings. The lowest BCUT2D eigenvalue weighted by molar-refractivity contribution is 0.0542. The minimum atomic E-state index is -1.64. The Kier molecular flexibility index (Phi) is 43.9. The number of ether oxygens (including phenoxy) is 3. The number of hydrogen-bond donors (Lipinski definition) is 8. The molecule has 31 nitrogen and oxygen atoms in total. The summed E-state index contributed by atoms with van der Waals surface area (Å²) in [5.41, 5.74) is 16.6. The first-order valence-corrected chi connectivity index (χ1v) is 49.3. The van der Waals surface area contributed by atoms with Crippen LogP contribution in [0.2, 0.25) is 25.1 Å². The molecule has 1 amide bonds. The first-order valence-electron chi connectivity index (χ1n) is 45.0. The lowest BCUT2D eigenvalue weighted by Crippen LogP contribution is -2.40. The van der Waals surface area contributed by atoms with Crippen molar-refractivity contribution in [3.8, 4) is 78.8 Å². The monoisotopic (exact) mass is 2250 g/mol. The SMILES string of the molecule is Brc1cc(Br)ncn1.CC(C)(C)c1cc(-c2cc(-c3ccc(C(=O)N4CCC(O)CC4)cc3Cl)ncn2)ccn1.CC(C)(C)c1cc(-c2cc(-c3ccc(C(=O)O)cc3Cl)ncn2)ccn1.CC(C)(C)c1cc(B(O)O)ccn1.COC(=O)c1ccc(-c2cc(-c3ccnc(C(C)(C)C)c3)ncn2)c(Cl)c1.COC(=O)c1ccc(-c2cc(Br)ncn2)c(Cl)c1.COC(=O)c1ccc(B(O)O)c(Cl)c1.OC1CCNCC1. The van der Waals surface area contributed by atoms with E-state index in [9.17, 15) is 29.1 Å². The van der Waals surface area contributed by atoms with Crippen LogP contribution in [-0.4, -0.2) is 214 Å². The van der Waals surface area contributed by atoms with Crippen molar-refractivity contribution in [1.82, 2.24) is 80.0 Å². The second-order valence-electron chi connectivity index (χ2n) is 36.6. The number of benzene rings is 5. The van der Waals surface area contributed by atoms with Gasteiger partial charge in [-0.1, -0.05) is 171 Å². The number of carboxylic acid groups (broad SMARTS) is 1. The van der Waals surface area contributed by atoms with Gasteiger partial charge in [-0.15, -0.1) is 0 Å². The summed E-state index contributed by atoms with van der Waals surface area (Å²) in [6.45, 7) is 28.2. The fourth-order valence-electron chi connectivity index (χ4n) is 13.5. The van der Waals surface area contributed by atoms with Crippen molar-refractivity contribution in [3.63, 3.8) is 0 Å². The number of rotatable bonds is 14. The first-order chi connectivity index (χ1) is 68.5. The maximum Gasteiger partial charge on any atom is 0.489 e. The predicted molar refractivity (Wildman–Crippen MR) is 575 cm³/mol. The Hall–Kier alpha value is -11.8. The Morgan fingerprint density at radius 3 is 0.952 bits per heavy atom. The van der Waals surface area contributed by atoms with Crippen LogP contribution in [0, 0.1) is 0 Å². The summed E-state index contributed by atoms with van der Waals surface area (Å²) in [7, 11) is 0.858. The molecule has 8 N–H and O–H groups in total. The molecule has 5 aromatic carbocycles. The number of nitrogens with one attached hydrogen (secondary N) is 1. The molecule has 0 radical (unpaired) electrons. The fraction of sp³-hybridized carbons (Fsp3) is 0.279. The maximum atomic E-state index is 12.8. The number of methoxy groups -OCH3 is 3. The lowest BCUT2D eigenvalue weighted by atomic mass is 9.78. The van der Waals surface area contributed by atoms with Crippen LogP contribution in [0.1, 0.15) is 183 Å². The van der Waals surface area contributed by atoms with Crippen LogP contribution in [0.15, 0.2) is 240 Å². The highest BCUT2D eigenvalue weighted by Crippen LogP contribution is 2.37. The highest BCUT2D eigenvalue weighted by atomic mass is 79.9. The summed E-state index contributed by atoms with van der Waals surface area (Å²) in [6, 6.07) is 48.2. The molecule has 2 fully saturated rings. The molecule has 756 valence electrons. The van der Waals surface area contributed by atoms with Crippen LogP contribution < -0.4 is 16.2 Å². The van der Waals surface area contributed by atoms with Gasteiger partial charge in [-0.2, -0.15) is 0 Å². The van der Waals surface area contributed by atoms with Crippen LogP contribution in [0.3, 0.4) is 0 Å². The van der Waals surface area contributed by atoms with Gasteiger partial charge >= 0.3 is 38.1 Å². The van der Waals surface area contributed by atoms with Crippen molar-refractivity contribution >= 4 is 161 Å². The number of esters is 3. The quantitative estimate of drug-likeness (QED) is 0.0217. The molecule has 0 saturated carbocycles. The highest BCUT2D eigenvalue weighted by molar-refractivity contribution is 9.11. The van der Waals surface area contributed by atoms with E-state index >= 15 is 0 Å². The van der Waals surface area contributed by atoms with Crippen molar-refractivity contribution < 1.29 is 73.6 Å². The summed E-state index contributed by atoms with van der Waals surface area (Å²) in [4.78, 5) is 119. The molecule has 0 spiro atoms. The predicted octanol–water partition coefficient (Wildman–Crippen LogP) is 19.5. The molecular formula is C104H108B2Br3Cl5N16O15. The lowest BCUT2D eigenvalue weighted by Gasteiger charge is -2.29. The number of hydrogen-bond acceptors (Lipinski definition) is 29. The number of aromatic carboxylic acids is 1. The summed E-state index contributed by atoms with van der Waals surface area (Å²) in [5, 5.41) is 68.1. The maximum absolute atomic E-state index is 12.8. The third-order valence-corrected chi connectivity index (χ3v) is 24.5. The van der Waals surface area contributed by atoms with Gasteiger partial charge in [0.15, 0.2) is 0 Å². The van der Waals surface area contributed by atoms with E-state index in [1.54, 1.807) is 109 Å². The van der Waals surface area contributed by atoms with E-state index < -0.39 is 38.1 Å². The zero-order valence-electron chi connectivity index (χ0n) is 82.0. The molecular weight excluding hydrogens is 2150 g/mol. The standard InChI is InChI=1S/C25H27ClN4O2.C21H20ClN3O2.C20H18ClN3O2.C12H8BrClN2O2.C9H14BNO2.C8H8BClO4.C5H11NO.C4H2Br2N2/c1-25(2,3)23-13-16(6-9-27-23)21-14-22(29-15-28-21)19-5-4-17(12-20(19)26)24(32)30-10-7-18(31)8-11-30;1-21(2,3)19-10-13(7-8-23-19)17-11-18(25-12-24-17)15-6-5-14(9-16(15)22)20(26)27-4;1-20(2,3)18-9-12(6-7-22-18)16-10-17(24-11-23-16)14-5-4-13(19(25)26)8-15(14)21;1-18-12(17)7-2-3-8(9(14)4-7)10-5-11(13)16-6-15-10;1-9(2,3)8-6-7(10(12)13)4-5-11-8;1-14-8(11)5-2-3-6(9(12)13)7(10)4-5;7-5-1-3-6-4-2-5;5-3-1-4(6)8-2-7-3/h4-6,9,12-15,18,31H,7-8,10-11H2,1-3H3;5-12H,1-4H3;4-11H,1-3H3,(H,25,26);2-6H,1H3;4-6,12-13H,1-3H3;2-4,12-13H,1H3;5-7H,1-4H2;1-2H. The number of carbonyl (C=O) groups is 5. The number of carbonyl (C=O) groups excluding carboxylic acids is 4. The molecule has 41 heteroatoms. The number of amides is 1. The molecule has 0 unspecified atom stereocenters. The van der Waals surface area contributed by atoms with Gasteiger partial charge in [0.25, 0.3) is 5.91 Å². The number of likely N-dealkylation sites (tertiary alicyclic amines) is 1. The number of pyridine rings is 4. The number of halogens is 8. The van der Waals surface area contributed by atoms with E-state index in [4.69, 9.17) is 93.1 Å². The van der Waals surface area contributed by atoms with Crippen molar-refractivity contribution in [1.29, 1.82) is 0 Å². The smallest absolute Gasteiger partial charge is 0.478 e. The van der Waals surface area contributed by atoms with E-state index in [1.165, 1.54) is 83.3 Å². The Labute approximate surface area is 892 Å². The number of piperidine rings is 2. The Bertz CT molecular complexity index is 6800. The van der Waals surface area contributed by atoms with Gasteiger partial charge < -0.3 is 59.8 Å².